The van der Waals surface area contributed by atoms with Gasteiger partial charge in [-0.2, -0.15) is 0 Å². The molecule has 0 heterocycles. The SMILES string of the molecule is CC[C@@H](N(NC(=O)c1ccc(COC)c(OB(O)O)c1F)C(=O)c1cc(C)cc(C)c1)C(C)(C)C. The molecule has 2 aromatic carbocycles. The van der Waals surface area contributed by atoms with Crippen molar-refractivity contribution in [2.24, 2.45) is 5.41 Å². The minimum Gasteiger partial charge on any atom is -0.509 e. The molecule has 0 unspecified atom stereocenters. The van der Waals surface area contributed by atoms with Crippen molar-refractivity contribution >= 4 is 19.1 Å². The third-order valence-corrected chi connectivity index (χ3v) is 5.55. The number of halogens is 1. The van der Waals surface area contributed by atoms with Crippen LogP contribution in [0.1, 0.15) is 71.5 Å². The summed E-state index contributed by atoms with van der Waals surface area (Å²) in [6.07, 6.45) is 0.528. The lowest BCUT2D eigenvalue weighted by atomic mass is 9.84. The molecule has 8 nitrogen and oxygen atoms in total. The maximum Gasteiger partial charge on any atom is 0.707 e. The van der Waals surface area contributed by atoms with Crippen LogP contribution in [-0.4, -0.2) is 47.3 Å². The fourth-order valence-electron chi connectivity index (χ4n) is 4.13. The second kappa shape index (κ2) is 11.7. The third-order valence-electron chi connectivity index (χ3n) is 5.55. The van der Waals surface area contributed by atoms with Crippen LogP contribution < -0.4 is 10.1 Å². The summed E-state index contributed by atoms with van der Waals surface area (Å²) in [5.74, 6) is -2.94. The van der Waals surface area contributed by atoms with Crippen LogP contribution in [0.5, 0.6) is 5.75 Å². The zero-order valence-electron chi connectivity index (χ0n) is 21.3. The maximum absolute atomic E-state index is 15.3. The van der Waals surface area contributed by atoms with E-state index in [1.807, 2.05) is 47.6 Å². The van der Waals surface area contributed by atoms with Crippen LogP contribution in [0.25, 0.3) is 0 Å². The second-order valence-electron chi connectivity index (χ2n) is 9.58. The van der Waals surface area contributed by atoms with E-state index >= 15 is 4.39 Å². The van der Waals surface area contributed by atoms with Crippen molar-refractivity contribution in [3.8, 4) is 5.75 Å². The number of hydrogen-bond donors (Lipinski definition) is 3. The van der Waals surface area contributed by atoms with Gasteiger partial charge in [-0.1, -0.05) is 51.0 Å². The molecule has 0 spiro atoms. The number of nitrogens with one attached hydrogen (secondary N) is 1. The Morgan fingerprint density at radius 2 is 1.74 bits per heavy atom. The molecule has 2 rings (SSSR count). The van der Waals surface area contributed by atoms with E-state index < -0.39 is 47.7 Å². The fourth-order valence-corrected chi connectivity index (χ4v) is 4.13. The number of ether oxygens (including phenoxy) is 1. The first kappa shape index (κ1) is 28.3. The second-order valence-corrected chi connectivity index (χ2v) is 9.58. The number of amides is 2. The molecule has 0 radical (unpaired) electrons. The van der Waals surface area contributed by atoms with E-state index in [0.29, 0.717) is 12.0 Å². The number of rotatable bonds is 8. The van der Waals surface area contributed by atoms with Crippen LogP contribution in [0, 0.1) is 25.1 Å². The summed E-state index contributed by atoms with van der Waals surface area (Å²) in [7, 11) is -0.919. The van der Waals surface area contributed by atoms with Crippen LogP contribution in [0.2, 0.25) is 0 Å². The first-order chi connectivity index (χ1) is 16.3. The molecule has 0 saturated carbocycles. The first-order valence-electron chi connectivity index (χ1n) is 11.4. The summed E-state index contributed by atoms with van der Waals surface area (Å²) in [6.45, 7) is 11.4. The van der Waals surface area contributed by atoms with E-state index in [-0.39, 0.29) is 12.2 Å². The van der Waals surface area contributed by atoms with E-state index in [4.69, 9.17) is 9.39 Å². The standard InChI is InChI=1S/C25H34BFN2O6/c1-8-20(25(4,5)6)29(24(31)18-12-15(2)11-16(3)13-18)28-23(30)19-10-9-17(14-34-7)22(21(19)27)35-26(32)33/h9-13,20,32-33H,8,14H2,1-7H3,(H,28,30)/t20-/m1/s1. The van der Waals surface area contributed by atoms with Gasteiger partial charge in [0, 0.05) is 18.2 Å². The lowest BCUT2D eigenvalue weighted by Crippen LogP contribution is -2.56. The van der Waals surface area contributed by atoms with Gasteiger partial charge < -0.3 is 19.4 Å². The van der Waals surface area contributed by atoms with E-state index in [1.165, 1.54) is 24.3 Å². The summed E-state index contributed by atoms with van der Waals surface area (Å²) < 4.78 is 25.1. The normalized spacial score (nSPS) is 12.2. The zero-order valence-corrected chi connectivity index (χ0v) is 21.3. The molecule has 2 aromatic rings. The Hall–Kier alpha value is -2.95. The Labute approximate surface area is 206 Å². The van der Waals surface area contributed by atoms with E-state index in [0.717, 1.165) is 11.1 Å². The lowest BCUT2D eigenvalue weighted by Gasteiger charge is -2.39. The lowest BCUT2D eigenvalue weighted by molar-refractivity contribution is 0.0283. The smallest absolute Gasteiger partial charge is 0.509 e. The number of hydrazine groups is 1. The Morgan fingerprint density at radius 3 is 2.23 bits per heavy atom. The largest absolute Gasteiger partial charge is 0.707 e. The molecular weight excluding hydrogens is 454 g/mol. The van der Waals surface area contributed by atoms with Crippen LogP contribution in [0.3, 0.4) is 0 Å². The van der Waals surface area contributed by atoms with Crippen LogP contribution in [-0.2, 0) is 11.3 Å². The molecule has 2 amide bonds. The van der Waals surface area contributed by atoms with Crippen molar-refractivity contribution in [1.29, 1.82) is 0 Å². The van der Waals surface area contributed by atoms with Gasteiger partial charge in [-0.15, -0.1) is 0 Å². The predicted molar refractivity (Wildman–Crippen MR) is 131 cm³/mol. The Morgan fingerprint density at radius 1 is 1.14 bits per heavy atom. The highest BCUT2D eigenvalue weighted by atomic mass is 19.1. The van der Waals surface area contributed by atoms with E-state index in [9.17, 15) is 19.6 Å². The van der Waals surface area contributed by atoms with Gasteiger partial charge in [-0.25, -0.2) is 9.40 Å². The summed E-state index contributed by atoms with van der Waals surface area (Å²) >= 11 is 0. The number of methoxy groups -OCH3 is 1. The predicted octanol–water partition coefficient (Wildman–Crippen LogP) is 3.55. The highest BCUT2D eigenvalue weighted by Crippen LogP contribution is 2.30. The van der Waals surface area contributed by atoms with Crippen LogP contribution >= 0.6 is 0 Å². The molecule has 0 saturated heterocycles. The molecule has 10 heteroatoms. The molecule has 1 atom stereocenters. The van der Waals surface area contributed by atoms with Crippen molar-refractivity contribution < 1.29 is 33.4 Å². The molecular formula is C25H34BFN2O6. The fraction of sp³-hybridized carbons (Fsp3) is 0.440. The summed E-state index contributed by atoms with van der Waals surface area (Å²) in [6, 6.07) is 7.61. The topological polar surface area (TPSA) is 108 Å². The minimum absolute atomic E-state index is 0.0832. The highest BCUT2D eigenvalue weighted by molar-refractivity contribution is 6.33. The molecule has 190 valence electrons. The number of aryl methyl sites for hydroxylation is 2. The Bertz CT molecular complexity index is 1050. The minimum atomic E-state index is -2.30. The average Bonchev–Trinajstić information content (AvgIpc) is 2.73. The van der Waals surface area contributed by atoms with Crippen molar-refractivity contribution in [2.75, 3.05) is 7.11 Å². The quantitative estimate of drug-likeness (QED) is 0.388. The summed E-state index contributed by atoms with van der Waals surface area (Å²) in [4.78, 5) is 26.9. The molecule has 0 fully saturated rings. The van der Waals surface area contributed by atoms with Gasteiger partial charge in [0.15, 0.2) is 5.82 Å². The number of carbonyl (C=O) groups is 2. The van der Waals surface area contributed by atoms with Crippen molar-refractivity contribution in [2.45, 2.75) is 60.6 Å². The summed E-state index contributed by atoms with van der Waals surface area (Å²) in [5.41, 5.74) is 4.12. The van der Waals surface area contributed by atoms with Crippen molar-refractivity contribution in [3.63, 3.8) is 0 Å². The molecule has 0 aromatic heterocycles. The van der Waals surface area contributed by atoms with Gasteiger partial charge in [-0.05, 0) is 43.9 Å². The number of benzene rings is 2. The first-order valence-corrected chi connectivity index (χ1v) is 11.4. The highest BCUT2D eigenvalue weighted by Gasteiger charge is 2.35. The Balaban J connectivity index is 2.53. The van der Waals surface area contributed by atoms with Gasteiger partial charge in [-0.3, -0.25) is 15.0 Å². The Kier molecular flexibility index (Phi) is 9.42. The molecule has 3 N–H and O–H groups in total. The van der Waals surface area contributed by atoms with Gasteiger partial charge in [0.05, 0.1) is 18.2 Å². The number of nitrogens with zero attached hydrogens (tertiary/aromatic N) is 1. The molecule has 0 aliphatic rings. The molecule has 0 bridgehead atoms. The van der Waals surface area contributed by atoms with Crippen molar-refractivity contribution in [1.82, 2.24) is 10.4 Å². The molecule has 35 heavy (non-hydrogen) atoms. The van der Waals surface area contributed by atoms with Gasteiger partial charge in [0.25, 0.3) is 11.8 Å². The average molecular weight is 488 g/mol. The zero-order chi connectivity index (χ0) is 26.5. The monoisotopic (exact) mass is 488 g/mol. The maximum atomic E-state index is 15.3. The third kappa shape index (κ3) is 7.03. The van der Waals surface area contributed by atoms with Crippen LogP contribution in [0.4, 0.5) is 4.39 Å². The molecule has 0 aliphatic carbocycles. The van der Waals surface area contributed by atoms with Crippen LogP contribution in [0.15, 0.2) is 30.3 Å². The van der Waals surface area contributed by atoms with Crippen molar-refractivity contribution in [3.05, 3.63) is 64.0 Å². The van der Waals surface area contributed by atoms with E-state index in [1.54, 1.807) is 12.1 Å². The van der Waals surface area contributed by atoms with Gasteiger partial charge in [0.1, 0.15) is 5.75 Å². The van der Waals surface area contributed by atoms with E-state index in [2.05, 4.69) is 5.43 Å². The number of hydrogen-bond acceptors (Lipinski definition) is 6. The number of carbonyl (C=O) groups excluding carboxylic acids is 2. The summed E-state index contributed by atoms with van der Waals surface area (Å²) in [5, 5.41) is 19.7. The molecule has 0 aliphatic heterocycles. The van der Waals surface area contributed by atoms with Gasteiger partial charge >= 0.3 is 7.32 Å². The van der Waals surface area contributed by atoms with Gasteiger partial charge in [0.2, 0.25) is 0 Å².